The second kappa shape index (κ2) is 7.37. The summed E-state index contributed by atoms with van der Waals surface area (Å²) in [4.78, 5) is 20.4. The van der Waals surface area contributed by atoms with Gasteiger partial charge in [-0.25, -0.2) is 13.2 Å². The van der Waals surface area contributed by atoms with Gasteiger partial charge in [-0.05, 0) is 42.7 Å². The van der Waals surface area contributed by atoms with Gasteiger partial charge in [-0.15, -0.1) is 0 Å². The smallest absolute Gasteiger partial charge is 0.226 e. The lowest BCUT2D eigenvalue weighted by molar-refractivity contribution is -0.134. The van der Waals surface area contributed by atoms with Crippen molar-refractivity contribution in [3.8, 4) is 0 Å². The summed E-state index contributed by atoms with van der Waals surface area (Å²) in [5, 5.41) is 0. The summed E-state index contributed by atoms with van der Waals surface area (Å²) in [6.45, 7) is 2.51. The molecule has 4 rings (SSSR count). The minimum absolute atomic E-state index is 0.0376. The van der Waals surface area contributed by atoms with Crippen LogP contribution in [0.15, 0.2) is 35.2 Å². The number of piperidine rings is 1. The lowest BCUT2D eigenvalue weighted by Gasteiger charge is -2.34. The molecule has 2 atom stereocenters. The molecule has 2 aliphatic heterocycles. The molecule has 2 heterocycles. The van der Waals surface area contributed by atoms with Crippen molar-refractivity contribution in [2.45, 2.75) is 25.2 Å². The zero-order valence-corrected chi connectivity index (χ0v) is 15.0. The second-order valence-electron chi connectivity index (χ2n) is 7.60. The van der Waals surface area contributed by atoms with Gasteiger partial charge in [-0.1, -0.05) is 12.1 Å². The van der Waals surface area contributed by atoms with Crippen LogP contribution in [-0.2, 0) is 4.79 Å². The van der Waals surface area contributed by atoms with Crippen molar-refractivity contribution >= 4 is 12.1 Å². The fourth-order valence-corrected chi connectivity index (χ4v) is 4.11. The number of aliphatic imine (C=N–C) groups is 1. The number of likely N-dealkylation sites (tertiary alicyclic amines) is 1. The number of amides is 1. The van der Waals surface area contributed by atoms with Crippen LogP contribution in [0.25, 0.3) is 0 Å². The van der Waals surface area contributed by atoms with E-state index in [1.807, 2.05) is 9.80 Å². The first-order valence-corrected chi connectivity index (χ1v) is 9.37. The SMILES string of the molecule is O=C(C1CC1c1cccc(F)c1F)N1CCC(CN2C=C(F)C=NC2)CC1. The minimum Gasteiger partial charge on any atom is -0.355 e. The maximum Gasteiger partial charge on any atom is 0.226 e. The molecule has 0 bridgehead atoms. The molecule has 2 unspecified atom stereocenters. The van der Waals surface area contributed by atoms with Gasteiger partial charge >= 0.3 is 0 Å². The standard InChI is InChI=1S/C20H22F3N3O/c21-14-9-24-12-25(11-14)10-13-4-6-26(7-5-13)20(27)17-8-16(17)15-2-1-3-18(22)19(15)23/h1-3,9,11,13,16-17H,4-8,10,12H2. The molecule has 144 valence electrons. The van der Waals surface area contributed by atoms with Crippen molar-refractivity contribution in [2.24, 2.45) is 16.8 Å². The molecule has 2 fully saturated rings. The Kier molecular flexibility index (Phi) is 4.93. The largest absolute Gasteiger partial charge is 0.355 e. The van der Waals surface area contributed by atoms with Gasteiger partial charge in [0.15, 0.2) is 17.5 Å². The molecular weight excluding hydrogens is 355 g/mol. The number of carbonyl (C=O) groups is 1. The summed E-state index contributed by atoms with van der Waals surface area (Å²) in [6, 6.07) is 4.15. The Labute approximate surface area is 156 Å². The number of hydrogen-bond donors (Lipinski definition) is 0. The molecule has 1 aromatic rings. The summed E-state index contributed by atoms with van der Waals surface area (Å²) in [5.74, 6) is -2.06. The van der Waals surface area contributed by atoms with Crippen LogP contribution in [0.2, 0.25) is 0 Å². The highest BCUT2D eigenvalue weighted by Crippen LogP contribution is 2.49. The highest BCUT2D eigenvalue weighted by atomic mass is 19.2. The highest BCUT2D eigenvalue weighted by molar-refractivity contribution is 5.83. The van der Waals surface area contributed by atoms with Gasteiger partial charge in [0.05, 0.1) is 6.21 Å². The first kappa shape index (κ1) is 18.1. The van der Waals surface area contributed by atoms with E-state index in [-0.39, 0.29) is 23.6 Å². The van der Waals surface area contributed by atoms with E-state index in [0.717, 1.165) is 25.5 Å². The van der Waals surface area contributed by atoms with Crippen LogP contribution < -0.4 is 0 Å². The molecule has 3 aliphatic rings. The summed E-state index contributed by atoms with van der Waals surface area (Å²) in [7, 11) is 0. The Morgan fingerprint density at radius 1 is 1.19 bits per heavy atom. The molecule has 1 saturated heterocycles. The van der Waals surface area contributed by atoms with Crippen LogP contribution in [-0.4, -0.2) is 48.2 Å². The highest BCUT2D eigenvalue weighted by Gasteiger charge is 2.47. The summed E-state index contributed by atoms with van der Waals surface area (Å²) >= 11 is 0. The normalized spacial score (nSPS) is 25.5. The number of carbonyl (C=O) groups excluding carboxylic acids is 1. The van der Waals surface area contributed by atoms with Crippen LogP contribution in [0.4, 0.5) is 13.2 Å². The fourth-order valence-electron chi connectivity index (χ4n) is 4.11. The third-order valence-corrected chi connectivity index (χ3v) is 5.69. The molecule has 1 amide bonds. The van der Waals surface area contributed by atoms with E-state index in [1.165, 1.54) is 18.5 Å². The first-order valence-electron chi connectivity index (χ1n) is 9.37. The number of nitrogens with zero attached hydrogens (tertiary/aromatic N) is 3. The quantitative estimate of drug-likeness (QED) is 0.806. The second-order valence-corrected chi connectivity index (χ2v) is 7.60. The van der Waals surface area contributed by atoms with Crippen molar-refractivity contribution in [1.29, 1.82) is 0 Å². The van der Waals surface area contributed by atoms with Crippen molar-refractivity contribution < 1.29 is 18.0 Å². The van der Waals surface area contributed by atoms with Crippen LogP contribution in [0.5, 0.6) is 0 Å². The Balaban J connectivity index is 1.28. The Morgan fingerprint density at radius 2 is 1.96 bits per heavy atom. The molecule has 1 aromatic carbocycles. The van der Waals surface area contributed by atoms with Crippen LogP contribution in [0, 0.1) is 23.5 Å². The average Bonchev–Trinajstić information content (AvgIpc) is 3.45. The molecule has 27 heavy (non-hydrogen) atoms. The number of hydrogen-bond acceptors (Lipinski definition) is 3. The van der Waals surface area contributed by atoms with E-state index in [2.05, 4.69) is 4.99 Å². The molecule has 1 aliphatic carbocycles. The maximum atomic E-state index is 13.9. The van der Waals surface area contributed by atoms with Crippen LogP contribution in [0.3, 0.4) is 0 Å². The van der Waals surface area contributed by atoms with E-state index in [4.69, 9.17) is 0 Å². The maximum absolute atomic E-state index is 13.9. The van der Waals surface area contributed by atoms with Gasteiger partial charge in [-0.2, -0.15) is 0 Å². The van der Waals surface area contributed by atoms with E-state index >= 15 is 0 Å². The molecule has 7 heteroatoms. The average molecular weight is 377 g/mol. The fraction of sp³-hybridized carbons (Fsp3) is 0.500. The summed E-state index contributed by atoms with van der Waals surface area (Å²) in [5.41, 5.74) is 0.308. The third-order valence-electron chi connectivity index (χ3n) is 5.69. The zero-order chi connectivity index (χ0) is 19.0. The Hall–Kier alpha value is -2.31. The Bertz CT molecular complexity index is 787. The van der Waals surface area contributed by atoms with Crippen LogP contribution in [0.1, 0.15) is 30.7 Å². The molecule has 4 nitrogen and oxygen atoms in total. The van der Waals surface area contributed by atoms with Crippen LogP contribution >= 0.6 is 0 Å². The van der Waals surface area contributed by atoms with Gasteiger partial charge in [0.1, 0.15) is 6.67 Å². The van der Waals surface area contributed by atoms with Crippen molar-refractivity contribution in [3.05, 3.63) is 47.4 Å². The first-order chi connectivity index (χ1) is 13.0. The van der Waals surface area contributed by atoms with Crippen molar-refractivity contribution in [2.75, 3.05) is 26.3 Å². The predicted molar refractivity (Wildman–Crippen MR) is 95.8 cm³/mol. The van der Waals surface area contributed by atoms with Gasteiger partial charge in [0, 0.05) is 31.8 Å². The van der Waals surface area contributed by atoms with Gasteiger partial charge in [-0.3, -0.25) is 9.79 Å². The van der Waals surface area contributed by atoms with Gasteiger partial charge < -0.3 is 9.80 Å². The number of halogens is 3. The predicted octanol–water partition coefficient (Wildman–Crippen LogP) is 3.46. The zero-order valence-electron chi connectivity index (χ0n) is 15.0. The third kappa shape index (κ3) is 3.87. The number of benzene rings is 1. The lowest BCUT2D eigenvalue weighted by atomic mass is 9.95. The topological polar surface area (TPSA) is 35.9 Å². The molecule has 0 N–H and O–H groups in total. The molecule has 0 aromatic heterocycles. The molecule has 0 radical (unpaired) electrons. The van der Waals surface area contributed by atoms with Gasteiger partial charge in [0.2, 0.25) is 5.91 Å². The van der Waals surface area contributed by atoms with E-state index in [0.29, 0.717) is 37.7 Å². The minimum atomic E-state index is -0.862. The number of rotatable bonds is 4. The number of allylic oxidation sites excluding steroid dienone is 1. The molecular formula is C20H22F3N3O. The molecule has 1 saturated carbocycles. The van der Waals surface area contributed by atoms with Crippen molar-refractivity contribution in [1.82, 2.24) is 9.80 Å². The van der Waals surface area contributed by atoms with E-state index in [1.54, 1.807) is 6.07 Å². The summed E-state index contributed by atoms with van der Waals surface area (Å²) in [6.07, 6.45) is 4.99. The van der Waals surface area contributed by atoms with Gasteiger partial charge in [0.25, 0.3) is 0 Å². The molecule has 0 spiro atoms. The lowest BCUT2D eigenvalue weighted by Crippen LogP contribution is -2.42. The Morgan fingerprint density at radius 3 is 2.70 bits per heavy atom. The van der Waals surface area contributed by atoms with E-state index < -0.39 is 11.6 Å². The monoisotopic (exact) mass is 377 g/mol. The van der Waals surface area contributed by atoms with E-state index in [9.17, 15) is 18.0 Å². The summed E-state index contributed by atoms with van der Waals surface area (Å²) < 4.78 is 40.6. The van der Waals surface area contributed by atoms with Crippen molar-refractivity contribution in [3.63, 3.8) is 0 Å².